The zero-order chi connectivity index (χ0) is 13.1. The summed E-state index contributed by atoms with van der Waals surface area (Å²) in [5, 5.41) is 8.23. The molecule has 1 saturated heterocycles. The highest BCUT2D eigenvalue weighted by Gasteiger charge is 2.23. The molecule has 102 valence electrons. The third-order valence-corrected chi connectivity index (χ3v) is 5.04. The van der Waals surface area contributed by atoms with Gasteiger partial charge in [-0.2, -0.15) is 5.10 Å². The van der Waals surface area contributed by atoms with Crippen molar-refractivity contribution in [2.24, 2.45) is 13.0 Å². The minimum atomic E-state index is 0.611. The van der Waals surface area contributed by atoms with Crippen LogP contribution in [-0.4, -0.2) is 22.4 Å². The lowest BCUT2D eigenvalue weighted by molar-refractivity contribution is 0.291. The smallest absolute Gasteiger partial charge is 0.0766 e. The van der Waals surface area contributed by atoms with Crippen LogP contribution in [0.5, 0.6) is 0 Å². The summed E-state index contributed by atoms with van der Waals surface area (Å²) in [6.45, 7) is 5.63. The van der Waals surface area contributed by atoms with Crippen molar-refractivity contribution in [1.29, 1.82) is 0 Å². The highest BCUT2D eigenvalue weighted by Crippen LogP contribution is 2.26. The maximum atomic E-state index is 4.58. The third kappa shape index (κ3) is 2.97. The average Bonchev–Trinajstić information content (AvgIpc) is 2.66. The Bertz CT molecular complexity index is 400. The number of hydrogen-bond acceptors (Lipinski definition) is 2. The molecule has 0 spiro atoms. The zero-order valence-corrected chi connectivity index (χ0v) is 13.3. The van der Waals surface area contributed by atoms with Gasteiger partial charge in [0.25, 0.3) is 0 Å². The number of halogens is 1. The normalized spacial score (nSPS) is 24.4. The van der Waals surface area contributed by atoms with E-state index in [1.807, 2.05) is 4.68 Å². The second-order valence-electron chi connectivity index (χ2n) is 5.34. The van der Waals surface area contributed by atoms with Crippen molar-refractivity contribution < 1.29 is 0 Å². The van der Waals surface area contributed by atoms with E-state index in [2.05, 4.69) is 47.2 Å². The predicted molar refractivity (Wildman–Crippen MR) is 78.8 cm³/mol. The van der Waals surface area contributed by atoms with E-state index in [4.69, 9.17) is 0 Å². The summed E-state index contributed by atoms with van der Waals surface area (Å²) in [4.78, 5) is 0. The molecule has 0 bridgehead atoms. The Hall–Kier alpha value is -0.350. The first-order chi connectivity index (χ1) is 8.65. The van der Waals surface area contributed by atoms with Crippen LogP contribution in [0.2, 0.25) is 0 Å². The van der Waals surface area contributed by atoms with Crippen LogP contribution in [0, 0.1) is 5.92 Å². The summed E-state index contributed by atoms with van der Waals surface area (Å²) in [5.41, 5.74) is 2.51. The lowest BCUT2D eigenvalue weighted by Gasteiger charge is -2.29. The fourth-order valence-corrected chi connectivity index (χ4v) is 3.67. The van der Waals surface area contributed by atoms with E-state index >= 15 is 0 Å². The highest BCUT2D eigenvalue weighted by atomic mass is 79.9. The highest BCUT2D eigenvalue weighted by molar-refractivity contribution is 9.10. The molecule has 1 fully saturated rings. The quantitative estimate of drug-likeness (QED) is 0.926. The Balaban J connectivity index is 2.07. The first kappa shape index (κ1) is 14.1. The number of nitrogens with one attached hydrogen (secondary N) is 1. The van der Waals surface area contributed by atoms with Crippen molar-refractivity contribution in [3.05, 3.63) is 15.9 Å². The zero-order valence-electron chi connectivity index (χ0n) is 11.7. The van der Waals surface area contributed by atoms with Gasteiger partial charge < -0.3 is 5.32 Å². The summed E-state index contributed by atoms with van der Waals surface area (Å²) < 4.78 is 3.26. The lowest BCUT2D eigenvalue weighted by atomic mass is 9.88. The van der Waals surface area contributed by atoms with E-state index in [-0.39, 0.29) is 0 Å². The molecule has 0 saturated carbocycles. The summed E-state index contributed by atoms with van der Waals surface area (Å²) in [6.07, 6.45) is 6.02. The van der Waals surface area contributed by atoms with Crippen molar-refractivity contribution >= 4 is 15.9 Å². The topological polar surface area (TPSA) is 29.9 Å². The Labute approximate surface area is 118 Å². The van der Waals surface area contributed by atoms with Gasteiger partial charge in [-0.1, -0.05) is 20.3 Å². The SMILES string of the molecule is CCc1nn(C)c(CC2CC(CC)CCN2)c1Br. The second kappa shape index (κ2) is 6.20. The van der Waals surface area contributed by atoms with Gasteiger partial charge in [0.15, 0.2) is 0 Å². The van der Waals surface area contributed by atoms with Gasteiger partial charge in [-0.25, -0.2) is 0 Å². The molecule has 1 aliphatic heterocycles. The van der Waals surface area contributed by atoms with Crippen LogP contribution in [-0.2, 0) is 19.9 Å². The van der Waals surface area contributed by atoms with Crippen LogP contribution in [0.4, 0.5) is 0 Å². The van der Waals surface area contributed by atoms with Crippen molar-refractivity contribution in [2.45, 2.75) is 52.0 Å². The first-order valence-corrected chi connectivity index (χ1v) is 7.88. The van der Waals surface area contributed by atoms with E-state index in [0.29, 0.717) is 6.04 Å². The largest absolute Gasteiger partial charge is 0.314 e. The summed E-state index contributed by atoms with van der Waals surface area (Å²) >= 11 is 3.71. The van der Waals surface area contributed by atoms with Gasteiger partial charge in [0.2, 0.25) is 0 Å². The van der Waals surface area contributed by atoms with Crippen LogP contribution in [0.25, 0.3) is 0 Å². The number of rotatable bonds is 4. The molecular formula is C14H24BrN3. The van der Waals surface area contributed by atoms with Crippen molar-refractivity contribution in [3.8, 4) is 0 Å². The van der Waals surface area contributed by atoms with E-state index in [1.54, 1.807) is 0 Å². The number of aromatic nitrogens is 2. The maximum absolute atomic E-state index is 4.58. The molecule has 1 aromatic heterocycles. The van der Waals surface area contributed by atoms with E-state index in [1.165, 1.54) is 41.7 Å². The molecule has 2 rings (SSSR count). The molecule has 4 heteroatoms. The Morgan fingerprint density at radius 3 is 2.83 bits per heavy atom. The van der Waals surface area contributed by atoms with Crippen molar-refractivity contribution in [3.63, 3.8) is 0 Å². The standard InChI is InChI=1S/C14H24BrN3/c1-4-10-6-7-16-11(8-10)9-13-14(15)12(5-2)17-18(13)3/h10-11,16H,4-9H2,1-3H3. The van der Waals surface area contributed by atoms with Crippen LogP contribution < -0.4 is 5.32 Å². The van der Waals surface area contributed by atoms with Gasteiger partial charge in [0.05, 0.1) is 15.9 Å². The minimum absolute atomic E-state index is 0.611. The maximum Gasteiger partial charge on any atom is 0.0766 e. The summed E-state index contributed by atoms with van der Waals surface area (Å²) in [7, 11) is 2.05. The molecule has 2 atom stereocenters. The third-order valence-electron chi connectivity index (χ3n) is 4.12. The van der Waals surface area contributed by atoms with Crippen LogP contribution in [0.15, 0.2) is 4.47 Å². The van der Waals surface area contributed by atoms with E-state index in [9.17, 15) is 0 Å². The molecule has 0 amide bonds. The number of nitrogens with zero attached hydrogens (tertiary/aromatic N) is 2. The molecule has 2 unspecified atom stereocenters. The van der Waals surface area contributed by atoms with Gasteiger partial charge in [-0.15, -0.1) is 0 Å². The molecule has 1 aromatic rings. The summed E-state index contributed by atoms with van der Waals surface area (Å²) in [6, 6.07) is 0.611. The first-order valence-electron chi connectivity index (χ1n) is 7.09. The Morgan fingerprint density at radius 1 is 1.44 bits per heavy atom. The van der Waals surface area contributed by atoms with E-state index < -0.39 is 0 Å². The minimum Gasteiger partial charge on any atom is -0.314 e. The van der Waals surface area contributed by atoms with Gasteiger partial charge >= 0.3 is 0 Å². The number of piperidine rings is 1. The van der Waals surface area contributed by atoms with Crippen LogP contribution in [0.3, 0.4) is 0 Å². The van der Waals surface area contributed by atoms with E-state index in [0.717, 1.165) is 18.8 Å². The average molecular weight is 314 g/mol. The fourth-order valence-electron chi connectivity index (χ4n) is 2.90. The predicted octanol–water partition coefficient (Wildman–Crippen LogP) is 3.07. The van der Waals surface area contributed by atoms with Crippen molar-refractivity contribution in [2.75, 3.05) is 6.54 Å². The summed E-state index contributed by atoms with van der Waals surface area (Å²) in [5.74, 6) is 0.897. The van der Waals surface area contributed by atoms with Gasteiger partial charge in [-0.05, 0) is 47.7 Å². The van der Waals surface area contributed by atoms with Crippen molar-refractivity contribution in [1.82, 2.24) is 15.1 Å². The fraction of sp³-hybridized carbons (Fsp3) is 0.786. The van der Waals surface area contributed by atoms with Gasteiger partial charge in [-0.3, -0.25) is 4.68 Å². The monoisotopic (exact) mass is 313 g/mol. The van der Waals surface area contributed by atoms with Gasteiger partial charge in [0, 0.05) is 19.5 Å². The molecule has 3 nitrogen and oxygen atoms in total. The van der Waals surface area contributed by atoms with Crippen LogP contribution in [0.1, 0.15) is 44.5 Å². The molecule has 0 aliphatic carbocycles. The molecular weight excluding hydrogens is 290 g/mol. The van der Waals surface area contributed by atoms with Crippen LogP contribution >= 0.6 is 15.9 Å². The van der Waals surface area contributed by atoms with Gasteiger partial charge in [0.1, 0.15) is 0 Å². The second-order valence-corrected chi connectivity index (χ2v) is 6.13. The lowest BCUT2D eigenvalue weighted by Crippen LogP contribution is -2.39. The Morgan fingerprint density at radius 2 is 2.22 bits per heavy atom. The number of hydrogen-bond donors (Lipinski definition) is 1. The molecule has 1 N–H and O–H groups in total. The molecule has 18 heavy (non-hydrogen) atoms. The molecule has 1 aliphatic rings. The molecule has 0 radical (unpaired) electrons. The Kier molecular flexibility index (Phi) is 4.84. The molecule has 0 aromatic carbocycles. The number of aryl methyl sites for hydroxylation is 2. The molecule has 2 heterocycles.